The summed E-state index contributed by atoms with van der Waals surface area (Å²) in [5.74, 6) is 2.29. The summed E-state index contributed by atoms with van der Waals surface area (Å²) in [4.78, 5) is 10.8. The predicted molar refractivity (Wildman–Crippen MR) is 173 cm³/mol. The number of carbonyl (C=O) groups excluding carboxylic acids is 1. The van der Waals surface area contributed by atoms with Gasteiger partial charge in [-0.1, -0.05) is 6.07 Å². The molecule has 2 saturated heterocycles. The smallest absolute Gasteiger partial charge is 0.358 e. The molecule has 6 rings (SSSR count). The third-order valence-electron chi connectivity index (χ3n) is 8.47. The van der Waals surface area contributed by atoms with Gasteiger partial charge in [0.05, 0.1) is 40.1 Å². The van der Waals surface area contributed by atoms with Crippen LogP contribution in [0.5, 0.6) is 28.7 Å². The molecule has 17 heteroatoms. The summed E-state index contributed by atoms with van der Waals surface area (Å²) in [6.45, 7) is 2.08. The van der Waals surface area contributed by atoms with Gasteiger partial charge in [0.2, 0.25) is 12.5 Å². The number of benzene rings is 2. The van der Waals surface area contributed by atoms with Gasteiger partial charge in [0.15, 0.2) is 35.6 Å². The number of methoxy groups -OCH3 is 2. The zero-order valence-electron chi connectivity index (χ0n) is 27.7. The minimum atomic E-state index is -1.32. The molecule has 0 amide bonds. The number of aliphatic hydroxyl groups excluding tert-OH is 4. The van der Waals surface area contributed by atoms with Gasteiger partial charge in [0, 0.05) is 18.1 Å². The van der Waals surface area contributed by atoms with Gasteiger partial charge < -0.3 is 72.5 Å². The van der Waals surface area contributed by atoms with Gasteiger partial charge in [-0.15, -0.1) is 0 Å². The van der Waals surface area contributed by atoms with Crippen molar-refractivity contribution in [1.29, 1.82) is 0 Å². The van der Waals surface area contributed by atoms with Crippen LogP contribution in [-0.2, 0) is 39.6 Å². The summed E-state index contributed by atoms with van der Waals surface area (Å²) in [7, 11) is 2.97. The van der Waals surface area contributed by atoms with Crippen molar-refractivity contribution in [3.63, 3.8) is 0 Å². The molecule has 2 fully saturated rings. The Kier molecular flexibility index (Phi) is 13.3. The second kappa shape index (κ2) is 17.6. The van der Waals surface area contributed by atoms with E-state index in [2.05, 4.69) is 0 Å². The highest BCUT2D eigenvalue weighted by molar-refractivity contribution is 7.79. The number of aryl methyl sites for hydroxylation is 1. The van der Waals surface area contributed by atoms with Gasteiger partial charge in [0.25, 0.3) is 6.47 Å². The zero-order chi connectivity index (χ0) is 35.8. The standard InChI is InChI=1S/C21H26O10.C12H16O6S/c1-10-26-7-16-20(29-10)17(23)18(24)21(30-16)31-19-12(6-25-8-22)3-2-11-4-14-15(5-13(11)19)28-9-27-14;1-15-9-4-3-5-10(16-2)11(9)18-12(19)17-7-8(14)6-13/h4-5,8,10,12,16-21,23-24H,2-3,6-7,9H2,1H3;3-5,8,13-14H,6-7H2,1-2H3. The zero-order valence-corrected chi connectivity index (χ0v) is 28.5. The van der Waals surface area contributed by atoms with Crippen LogP contribution in [0.4, 0.5) is 0 Å². The fourth-order valence-corrected chi connectivity index (χ4v) is 6.10. The Morgan fingerprint density at radius 2 is 1.80 bits per heavy atom. The molecule has 0 saturated carbocycles. The van der Waals surface area contributed by atoms with Crippen molar-refractivity contribution >= 4 is 23.9 Å². The SMILES string of the molecule is CC1OCC2OC(OC3c4cc5c(cc4CCC3COC=O)OCO5)C(O)C(O)C2O1.COc1cccc(OC)c1OC(=S)OCC(O)CO. The molecule has 3 heterocycles. The number of hydrogen-bond acceptors (Lipinski definition) is 17. The number of thiocarbonyl (C=S) groups is 1. The van der Waals surface area contributed by atoms with Crippen LogP contribution in [0.3, 0.4) is 0 Å². The highest BCUT2D eigenvalue weighted by Gasteiger charge is 2.50. The molecule has 9 unspecified atom stereocenters. The van der Waals surface area contributed by atoms with Crippen molar-refractivity contribution in [3.05, 3.63) is 41.5 Å². The van der Waals surface area contributed by atoms with Crippen LogP contribution in [0.2, 0.25) is 0 Å². The van der Waals surface area contributed by atoms with E-state index < -0.39 is 55.8 Å². The normalized spacial score (nSPS) is 28.5. The molecule has 4 aliphatic rings. The lowest BCUT2D eigenvalue weighted by Gasteiger charge is -2.47. The van der Waals surface area contributed by atoms with Crippen molar-refractivity contribution in [2.45, 2.75) is 69.0 Å². The van der Waals surface area contributed by atoms with Crippen LogP contribution >= 0.6 is 12.2 Å². The Hall–Kier alpha value is -3.52. The molecule has 2 aromatic rings. The number of ether oxygens (including phenoxy) is 11. The molecule has 4 N–H and O–H groups in total. The summed E-state index contributed by atoms with van der Waals surface area (Å²) in [5, 5.41) is 38.9. The Morgan fingerprint density at radius 1 is 1.08 bits per heavy atom. The average molecular weight is 727 g/mol. The molecule has 16 nitrogen and oxygen atoms in total. The van der Waals surface area contributed by atoms with Gasteiger partial charge >= 0.3 is 5.24 Å². The van der Waals surface area contributed by atoms with Gasteiger partial charge in [-0.25, -0.2) is 0 Å². The Morgan fingerprint density at radius 3 is 2.48 bits per heavy atom. The molecule has 50 heavy (non-hydrogen) atoms. The Balaban J connectivity index is 0.000000221. The van der Waals surface area contributed by atoms with Crippen molar-refractivity contribution < 1.29 is 77.3 Å². The third kappa shape index (κ3) is 8.85. The van der Waals surface area contributed by atoms with Crippen molar-refractivity contribution in [2.24, 2.45) is 5.92 Å². The first-order chi connectivity index (χ1) is 24.2. The molecule has 0 radical (unpaired) electrons. The molecule has 1 aliphatic carbocycles. The molecule has 276 valence electrons. The topological polar surface area (TPSA) is 200 Å². The molecule has 2 aromatic carbocycles. The fraction of sp³-hybridized carbons (Fsp3) is 0.576. The van der Waals surface area contributed by atoms with E-state index in [1.165, 1.54) is 14.2 Å². The van der Waals surface area contributed by atoms with Crippen LogP contribution in [-0.4, -0.2) is 123 Å². The van der Waals surface area contributed by atoms with E-state index in [1.54, 1.807) is 25.1 Å². The lowest BCUT2D eigenvalue weighted by Crippen LogP contribution is -2.63. The van der Waals surface area contributed by atoms with E-state index in [1.807, 2.05) is 12.1 Å². The maximum absolute atomic E-state index is 10.8. The van der Waals surface area contributed by atoms with Crippen LogP contribution in [0.25, 0.3) is 0 Å². The summed E-state index contributed by atoms with van der Waals surface area (Å²) >= 11 is 4.87. The number of aliphatic hydroxyl groups is 4. The van der Waals surface area contributed by atoms with Gasteiger partial charge in [-0.3, -0.25) is 4.79 Å². The molecular weight excluding hydrogens is 684 g/mol. The first kappa shape index (κ1) is 37.7. The lowest BCUT2D eigenvalue weighted by molar-refractivity contribution is -0.364. The van der Waals surface area contributed by atoms with Crippen molar-refractivity contribution in [2.75, 3.05) is 47.4 Å². The van der Waals surface area contributed by atoms with Crippen LogP contribution in [0.15, 0.2) is 30.3 Å². The minimum Gasteiger partial charge on any atom is -0.493 e. The third-order valence-corrected chi connectivity index (χ3v) is 8.67. The van der Waals surface area contributed by atoms with Crippen molar-refractivity contribution in [3.8, 4) is 28.7 Å². The first-order valence-corrected chi connectivity index (χ1v) is 16.3. The number of carbonyl (C=O) groups is 1. The second-order valence-electron chi connectivity index (χ2n) is 11.7. The highest BCUT2D eigenvalue weighted by Crippen LogP contribution is 2.45. The lowest BCUT2D eigenvalue weighted by atomic mass is 9.81. The number of para-hydroxylation sites is 1. The number of fused-ring (bicyclic) bond motifs is 3. The largest absolute Gasteiger partial charge is 0.493 e. The van der Waals surface area contributed by atoms with Gasteiger partial charge in [0.1, 0.15) is 37.1 Å². The van der Waals surface area contributed by atoms with Gasteiger partial charge in [-0.05, 0) is 55.2 Å². The molecule has 0 aromatic heterocycles. The summed E-state index contributed by atoms with van der Waals surface area (Å²) in [6, 6.07) is 8.90. The van der Waals surface area contributed by atoms with E-state index in [9.17, 15) is 15.0 Å². The van der Waals surface area contributed by atoms with E-state index in [4.69, 9.17) is 74.5 Å². The maximum atomic E-state index is 10.8. The minimum absolute atomic E-state index is 0.152. The monoisotopic (exact) mass is 726 g/mol. The average Bonchev–Trinajstić information content (AvgIpc) is 3.59. The van der Waals surface area contributed by atoms with Crippen LogP contribution < -0.4 is 23.7 Å². The Bertz CT molecular complexity index is 1420. The highest BCUT2D eigenvalue weighted by atomic mass is 32.1. The molecule has 9 atom stereocenters. The second-order valence-corrected chi connectivity index (χ2v) is 12.0. The van der Waals surface area contributed by atoms with Crippen LogP contribution in [0, 0.1) is 5.92 Å². The summed E-state index contributed by atoms with van der Waals surface area (Å²) < 4.78 is 59.8. The predicted octanol–water partition coefficient (Wildman–Crippen LogP) is 1.15. The Labute approximate surface area is 293 Å². The molecule has 0 spiro atoms. The first-order valence-electron chi connectivity index (χ1n) is 15.9. The van der Waals surface area contributed by atoms with E-state index >= 15 is 0 Å². The van der Waals surface area contributed by atoms with E-state index in [0.29, 0.717) is 35.9 Å². The van der Waals surface area contributed by atoms with Crippen LogP contribution in [0.1, 0.15) is 30.6 Å². The van der Waals surface area contributed by atoms with Crippen molar-refractivity contribution in [1.82, 2.24) is 0 Å². The summed E-state index contributed by atoms with van der Waals surface area (Å²) in [6.07, 6.45) is -5.53. The summed E-state index contributed by atoms with van der Waals surface area (Å²) in [5.41, 5.74) is 1.88. The van der Waals surface area contributed by atoms with E-state index in [-0.39, 0.29) is 43.5 Å². The van der Waals surface area contributed by atoms with E-state index in [0.717, 1.165) is 17.5 Å². The molecule has 0 bridgehead atoms. The van der Waals surface area contributed by atoms with Gasteiger partial charge in [-0.2, -0.15) is 0 Å². The number of rotatable bonds is 11. The molecular formula is C33H42O16S. The number of hydrogen-bond donors (Lipinski definition) is 4. The molecule has 3 aliphatic heterocycles. The fourth-order valence-electron chi connectivity index (χ4n) is 5.95. The quantitative estimate of drug-likeness (QED) is 0.190. The maximum Gasteiger partial charge on any atom is 0.358 e.